The third kappa shape index (κ3) is 7.17. The van der Waals surface area contributed by atoms with E-state index in [-0.39, 0.29) is 24.5 Å². The largest absolute Gasteiger partial charge is 0.508 e. The molecule has 1 aliphatic rings. The Morgan fingerprint density at radius 3 is 2.55 bits per heavy atom. The van der Waals surface area contributed by atoms with Crippen LogP contribution in [0.3, 0.4) is 0 Å². The van der Waals surface area contributed by atoms with Crippen LogP contribution < -0.4 is 5.32 Å². The molecule has 6 nitrogen and oxygen atoms in total. The van der Waals surface area contributed by atoms with Crippen molar-refractivity contribution < 1.29 is 23.8 Å². The maximum absolute atomic E-state index is 11.5. The van der Waals surface area contributed by atoms with Gasteiger partial charge in [0, 0.05) is 12.5 Å². The Labute approximate surface area is 148 Å². The number of hydrogen-bond acceptors (Lipinski definition) is 6. The van der Waals surface area contributed by atoms with E-state index in [0.29, 0.717) is 24.5 Å². The molecule has 0 saturated carbocycles. The molecule has 0 aliphatic carbocycles. The highest BCUT2D eigenvalue weighted by Crippen LogP contribution is 2.26. The standard InChI is InChI=1S/C12H16Cl3NO5S/c1-2-19-9(22)5-8-7(10(17)16-8)3-4-20-11(18)21-6-12(13,14)15/h7-8H,2-6H2,1H3,(H,16,17)/t7-,8-/m1/s1. The number of alkyl halides is 3. The molecule has 22 heavy (non-hydrogen) atoms. The van der Waals surface area contributed by atoms with Gasteiger partial charge in [0.25, 0.3) is 0 Å². The van der Waals surface area contributed by atoms with E-state index in [4.69, 9.17) is 56.5 Å². The molecule has 0 aromatic rings. The smallest absolute Gasteiger partial charge is 0.487 e. The predicted molar refractivity (Wildman–Crippen MR) is 86.5 cm³/mol. The van der Waals surface area contributed by atoms with E-state index in [9.17, 15) is 9.59 Å². The minimum atomic E-state index is -1.69. The highest BCUT2D eigenvalue weighted by Gasteiger charge is 2.39. The fourth-order valence-electron chi connectivity index (χ4n) is 1.85. The third-order valence-corrected chi connectivity index (χ3v) is 3.46. The van der Waals surface area contributed by atoms with Gasteiger partial charge in [0.2, 0.25) is 9.70 Å². The third-order valence-electron chi connectivity index (χ3n) is 2.84. The Kier molecular flexibility index (Phi) is 7.96. The molecule has 1 fully saturated rings. The van der Waals surface area contributed by atoms with Gasteiger partial charge in [-0.2, -0.15) is 0 Å². The molecule has 1 heterocycles. The molecule has 0 aromatic carbocycles. The number of rotatable bonds is 7. The molecule has 1 saturated heterocycles. The van der Waals surface area contributed by atoms with E-state index >= 15 is 0 Å². The molecule has 10 heteroatoms. The summed E-state index contributed by atoms with van der Waals surface area (Å²) in [5.41, 5.74) is 0. The summed E-state index contributed by atoms with van der Waals surface area (Å²) in [7, 11) is 0. The molecule has 0 bridgehead atoms. The van der Waals surface area contributed by atoms with Gasteiger partial charge in [0.1, 0.15) is 6.61 Å². The summed E-state index contributed by atoms with van der Waals surface area (Å²) in [4.78, 5) is 22.7. The summed E-state index contributed by atoms with van der Waals surface area (Å²) in [6.07, 6.45) is -0.141. The van der Waals surface area contributed by atoms with Gasteiger partial charge in [-0.05, 0) is 25.6 Å². The van der Waals surface area contributed by atoms with E-state index in [1.165, 1.54) is 0 Å². The summed E-state index contributed by atoms with van der Waals surface area (Å²) >= 11 is 21.3. The zero-order valence-electron chi connectivity index (χ0n) is 11.8. The predicted octanol–water partition coefficient (Wildman–Crippen LogP) is 2.77. The lowest BCUT2D eigenvalue weighted by atomic mass is 9.86. The molecular formula is C12H16Cl3NO5S. The van der Waals surface area contributed by atoms with Gasteiger partial charge in [-0.1, -0.05) is 34.8 Å². The Balaban J connectivity index is 2.24. The number of hydrogen-bond donors (Lipinski definition) is 1. The molecule has 0 radical (unpaired) electrons. The highest BCUT2D eigenvalue weighted by atomic mass is 35.6. The quantitative estimate of drug-likeness (QED) is 0.311. The van der Waals surface area contributed by atoms with Gasteiger partial charge < -0.3 is 19.5 Å². The topological polar surface area (TPSA) is 73.9 Å². The number of carbonyl (C=O) groups is 2. The van der Waals surface area contributed by atoms with Gasteiger partial charge in [-0.15, -0.1) is 0 Å². The van der Waals surface area contributed by atoms with Crippen LogP contribution in [0.1, 0.15) is 19.8 Å². The van der Waals surface area contributed by atoms with E-state index in [1.54, 1.807) is 0 Å². The summed E-state index contributed by atoms with van der Waals surface area (Å²) in [6, 6.07) is -0.104. The zero-order valence-corrected chi connectivity index (χ0v) is 14.9. The van der Waals surface area contributed by atoms with Crippen molar-refractivity contribution >= 4 is 64.1 Å². The molecule has 1 N–H and O–H groups in total. The molecule has 1 aliphatic heterocycles. The summed E-state index contributed by atoms with van der Waals surface area (Å²) < 4.78 is 12.9. The first-order valence-electron chi connectivity index (χ1n) is 6.55. The van der Waals surface area contributed by atoms with Crippen LogP contribution in [0, 0.1) is 5.92 Å². The number of nitrogens with one attached hydrogen (secondary N) is 1. The summed E-state index contributed by atoms with van der Waals surface area (Å²) in [6.45, 7) is 1.93. The minimum absolute atomic E-state index is 0.0225. The second kappa shape index (κ2) is 8.96. The number of halogens is 3. The van der Waals surface area contributed by atoms with Crippen molar-refractivity contribution in [2.75, 3.05) is 19.8 Å². The minimum Gasteiger partial charge on any atom is -0.487 e. The lowest BCUT2D eigenvalue weighted by Crippen LogP contribution is -2.59. The van der Waals surface area contributed by atoms with E-state index in [1.807, 2.05) is 6.92 Å². The number of carbonyl (C=O) groups excluding carboxylic acids is 2. The Morgan fingerprint density at radius 1 is 1.32 bits per heavy atom. The van der Waals surface area contributed by atoms with E-state index in [0.717, 1.165) is 0 Å². The maximum Gasteiger partial charge on any atom is 0.508 e. The number of thiocarbonyl (C=S) groups is 1. The normalized spacial score (nSPS) is 20.6. The van der Waals surface area contributed by atoms with Gasteiger partial charge in [-0.25, -0.2) is 4.79 Å². The molecule has 1 amide bonds. The fourth-order valence-corrected chi connectivity index (χ4v) is 2.31. The van der Waals surface area contributed by atoms with Crippen LogP contribution in [0.2, 0.25) is 0 Å². The Bertz CT molecular complexity index is 429. The first-order chi connectivity index (χ1) is 10.2. The summed E-state index contributed by atoms with van der Waals surface area (Å²) in [5, 5.41) is 3.18. The number of β-lactam (4-membered cyclic amide) rings is 1. The lowest BCUT2D eigenvalue weighted by molar-refractivity contribution is -0.135. The van der Waals surface area contributed by atoms with Crippen LogP contribution in [0.5, 0.6) is 0 Å². The van der Waals surface area contributed by atoms with Crippen LogP contribution in [0.25, 0.3) is 0 Å². The Morgan fingerprint density at radius 2 is 2.00 bits per heavy atom. The molecule has 1 rings (SSSR count). The fraction of sp³-hybridized carbons (Fsp3) is 0.750. The van der Waals surface area contributed by atoms with Crippen LogP contribution in [-0.2, 0) is 19.0 Å². The van der Waals surface area contributed by atoms with E-state index < -0.39 is 16.6 Å². The number of ether oxygens (including phenoxy) is 3. The molecule has 0 spiro atoms. The van der Waals surface area contributed by atoms with Gasteiger partial charge >= 0.3 is 6.16 Å². The van der Waals surface area contributed by atoms with E-state index in [2.05, 4.69) is 10.1 Å². The highest BCUT2D eigenvalue weighted by molar-refractivity contribution is 7.80. The van der Waals surface area contributed by atoms with Gasteiger partial charge in [0.05, 0.1) is 19.1 Å². The van der Waals surface area contributed by atoms with Crippen molar-refractivity contribution in [1.82, 2.24) is 5.32 Å². The van der Waals surface area contributed by atoms with Crippen molar-refractivity contribution in [3.05, 3.63) is 0 Å². The van der Waals surface area contributed by atoms with Crippen molar-refractivity contribution in [2.45, 2.75) is 29.6 Å². The van der Waals surface area contributed by atoms with Crippen LogP contribution in [0.15, 0.2) is 0 Å². The van der Waals surface area contributed by atoms with Gasteiger partial charge in [0.15, 0.2) is 5.05 Å². The molecule has 0 unspecified atom stereocenters. The molecule has 0 aromatic heterocycles. The first-order valence-corrected chi connectivity index (χ1v) is 8.09. The van der Waals surface area contributed by atoms with Crippen LogP contribution in [-0.4, -0.2) is 46.8 Å². The summed E-state index contributed by atoms with van der Waals surface area (Å²) in [5.74, 6) is -0.387. The monoisotopic (exact) mass is 391 g/mol. The first kappa shape index (κ1) is 19.5. The number of amides is 1. The van der Waals surface area contributed by atoms with Crippen molar-refractivity contribution in [3.8, 4) is 0 Å². The second-order valence-electron chi connectivity index (χ2n) is 4.52. The lowest BCUT2D eigenvalue weighted by Gasteiger charge is -2.36. The average molecular weight is 393 g/mol. The van der Waals surface area contributed by atoms with Crippen LogP contribution in [0.4, 0.5) is 4.79 Å². The molecule has 126 valence electrons. The SMILES string of the molecule is CCOC(=S)C[C@H]1NC(=O)[C@@H]1CCOC(=O)OCC(Cl)(Cl)Cl. The van der Waals surface area contributed by atoms with Crippen molar-refractivity contribution in [3.63, 3.8) is 0 Å². The van der Waals surface area contributed by atoms with Crippen LogP contribution >= 0.6 is 47.0 Å². The second-order valence-corrected chi connectivity index (χ2v) is 7.49. The average Bonchev–Trinajstić information content (AvgIpc) is 2.40. The van der Waals surface area contributed by atoms with Crippen molar-refractivity contribution in [2.24, 2.45) is 5.92 Å². The Hall–Kier alpha value is -0.500. The van der Waals surface area contributed by atoms with Gasteiger partial charge in [-0.3, -0.25) is 4.79 Å². The molecule has 2 atom stereocenters. The van der Waals surface area contributed by atoms with Crippen molar-refractivity contribution in [1.29, 1.82) is 0 Å². The maximum atomic E-state index is 11.5. The molecular weight excluding hydrogens is 377 g/mol. The zero-order chi connectivity index (χ0) is 16.8.